The minimum absolute atomic E-state index is 0.126. The highest BCUT2D eigenvalue weighted by atomic mass is 16.5. The molecule has 0 spiro atoms. The van der Waals surface area contributed by atoms with Crippen molar-refractivity contribution in [2.24, 2.45) is 0 Å². The first-order valence-corrected chi connectivity index (χ1v) is 5.69. The first-order chi connectivity index (χ1) is 8.02. The summed E-state index contributed by atoms with van der Waals surface area (Å²) in [6.45, 7) is 6.58. The van der Waals surface area contributed by atoms with Gasteiger partial charge in [0.25, 0.3) is 0 Å². The molecule has 17 heavy (non-hydrogen) atoms. The summed E-state index contributed by atoms with van der Waals surface area (Å²) < 4.78 is 7.41. The van der Waals surface area contributed by atoms with Crippen LogP contribution in [-0.4, -0.2) is 16.7 Å². The van der Waals surface area contributed by atoms with Crippen LogP contribution in [0.3, 0.4) is 0 Å². The predicted octanol–water partition coefficient (Wildman–Crippen LogP) is 3.18. The summed E-state index contributed by atoms with van der Waals surface area (Å²) in [6, 6.07) is 6.30. The zero-order valence-electron chi connectivity index (χ0n) is 10.8. The number of ether oxygens (including phenoxy) is 1. The number of imidazole rings is 1. The van der Waals surface area contributed by atoms with Crippen LogP contribution >= 0.6 is 0 Å². The molecule has 0 aliphatic rings. The normalized spacial score (nSPS) is 11.5. The van der Waals surface area contributed by atoms with Crippen molar-refractivity contribution < 1.29 is 4.74 Å². The first-order valence-electron chi connectivity index (χ1n) is 5.69. The van der Waals surface area contributed by atoms with E-state index in [0.29, 0.717) is 0 Å². The summed E-state index contributed by atoms with van der Waals surface area (Å²) in [4.78, 5) is 4.05. The van der Waals surface area contributed by atoms with E-state index in [0.717, 1.165) is 11.4 Å². The smallest absolute Gasteiger partial charge is 0.143 e. The number of rotatable bonds is 2. The molecular weight excluding hydrogens is 212 g/mol. The van der Waals surface area contributed by atoms with Crippen molar-refractivity contribution in [3.63, 3.8) is 0 Å². The molecule has 0 N–H and O–H groups in total. The molecule has 0 radical (unpaired) electrons. The zero-order valence-corrected chi connectivity index (χ0v) is 10.8. The van der Waals surface area contributed by atoms with Gasteiger partial charge in [-0.05, 0) is 23.1 Å². The largest absolute Gasteiger partial charge is 0.495 e. The molecule has 0 aliphatic carbocycles. The van der Waals surface area contributed by atoms with Crippen molar-refractivity contribution in [2.75, 3.05) is 7.11 Å². The van der Waals surface area contributed by atoms with E-state index in [9.17, 15) is 0 Å². The van der Waals surface area contributed by atoms with E-state index >= 15 is 0 Å². The third kappa shape index (κ3) is 2.33. The number of hydrogen-bond donors (Lipinski definition) is 0. The van der Waals surface area contributed by atoms with Gasteiger partial charge in [-0.1, -0.05) is 26.8 Å². The molecule has 0 aliphatic heterocycles. The molecule has 0 atom stereocenters. The molecule has 1 aromatic carbocycles. The van der Waals surface area contributed by atoms with Crippen LogP contribution in [0.2, 0.25) is 0 Å². The lowest BCUT2D eigenvalue weighted by Gasteiger charge is -2.21. The van der Waals surface area contributed by atoms with Crippen LogP contribution in [-0.2, 0) is 5.41 Å². The minimum Gasteiger partial charge on any atom is -0.495 e. The van der Waals surface area contributed by atoms with Gasteiger partial charge in [0, 0.05) is 12.4 Å². The molecule has 0 bridgehead atoms. The van der Waals surface area contributed by atoms with Crippen molar-refractivity contribution in [3.8, 4) is 11.4 Å². The predicted molar refractivity (Wildman–Crippen MR) is 68.8 cm³/mol. The summed E-state index contributed by atoms with van der Waals surface area (Å²) in [6.07, 6.45) is 5.44. The molecule has 0 amide bonds. The van der Waals surface area contributed by atoms with Crippen LogP contribution in [0.1, 0.15) is 26.3 Å². The van der Waals surface area contributed by atoms with Crippen molar-refractivity contribution in [3.05, 3.63) is 42.5 Å². The van der Waals surface area contributed by atoms with E-state index in [1.54, 1.807) is 19.6 Å². The Kier molecular flexibility index (Phi) is 2.92. The lowest BCUT2D eigenvalue weighted by Crippen LogP contribution is -2.11. The molecule has 2 aromatic rings. The third-order valence-corrected chi connectivity index (χ3v) is 2.83. The van der Waals surface area contributed by atoms with Crippen molar-refractivity contribution in [2.45, 2.75) is 26.2 Å². The summed E-state index contributed by atoms with van der Waals surface area (Å²) in [7, 11) is 1.70. The van der Waals surface area contributed by atoms with Crippen molar-refractivity contribution in [1.82, 2.24) is 9.55 Å². The van der Waals surface area contributed by atoms with Gasteiger partial charge in [-0.15, -0.1) is 0 Å². The Labute approximate surface area is 102 Å². The third-order valence-electron chi connectivity index (χ3n) is 2.83. The Morgan fingerprint density at radius 3 is 2.53 bits per heavy atom. The van der Waals surface area contributed by atoms with Crippen LogP contribution in [0, 0.1) is 0 Å². The Bertz CT molecular complexity index is 495. The van der Waals surface area contributed by atoms with Crippen LogP contribution < -0.4 is 4.74 Å². The van der Waals surface area contributed by atoms with Crippen LogP contribution in [0.25, 0.3) is 5.69 Å². The lowest BCUT2D eigenvalue weighted by atomic mass is 9.87. The summed E-state index contributed by atoms with van der Waals surface area (Å²) in [5.41, 5.74) is 2.40. The molecule has 0 saturated heterocycles. The standard InChI is InChI=1S/C14H18N2O/c1-14(2,3)11-5-6-12(13(9-11)17-4)16-8-7-15-10-16/h5-10H,1-4H3. The average molecular weight is 230 g/mol. The van der Waals surface area contributed by atoms with E-state index in [-0.39, 0.29) is 5.41 Å². The zero-order chi connectivity index (χ0) is 12.5. The van der Waals surface area contributed by atoms with E-state index in [1.807, 2.05) is 10.8 Å². The second-order valence-corrected chi connectivity index (χ2v) is 5.11. The van der Waals surface area contributed by atoms with Gasteiger partial charge in [0.2, 0.25) is 0 Å². The number of aromatic nitrogens is 2. The maximum Gasteiger partial charge on any atom is 0.143 e. The van der Waals surface area contributed by atoms with Gasteiger partial charge in [-0.3, -0.25) is 0 Å². The average Bonchev–Trinajstić information content (AvgIpc) is 2.80. The second kappa shape index (κ2) is 4.24. The van der Waals surface area contributed by atoms with Gasteiger partial charge < -0.3 is 9.30 Å². The fourth-order valence-electron chi connectivity index (χ4n) is 1.76. The molecule has 90 valence electrons. The molecule has 3 heteroatoms. The Morgan fingerprint density at radius 1 is 1.24 bits per heavy atom. The van der Waals surface area contributed by atoms with Gasteiger partial charge in [0.15, 0.2) is 0 Å². The van der Waals surface area contributed by atoms with E-state index in [4.69, 9.17) is 4.74 Å². The summed E-state index contributed by atoms with van der Waals surface area (Å²) in [5.74, 6) is 0.871. The van der Waals surface area contributed by atoms with Crippen LogP contribution in [0.5, 0.6) is 5.75 Å². The van der Waals surface area contributed by atoms with Gasteiger partial charge in [0.05, 0.1) is 19.1 Å². The first kappa shape index (κ1) is 11.7. The maximum atomic E-state index is 5.46. The Hall–Kier alpha value is -1.77. The van der Waals surface area contributed by atoms with Gasteiger partial charge >= 0.3 is 0 Å². The molecule has 1 heterocycles. The summed E-state index contributed by atoms with van der Waals surface area (Å²) >= 11 is 0. The lowest BCUT2D eigenvalue weighted by molar-refractivity contribution is 0.410. The molecule has 3 nitrogen and oxygen atoms in total. The fraction of sp³-hybridized carbons (Fsp3) is 0.357. The van der Waals surface area contributed by atoms with Crippen molar-refractivity contribution in [1.29, 1.82) is 0 Å². The van der Waals surface area contributed by atoms with Gasteiger partial charge in [-0.2, -0.15) is 0 Å². The van der Waals surface area contributed by atoms with E-state index in [1.165, 1.54) is 5.56 Å². The molecule has 2 rings (SSSR count). The fourth-order valence-corrected chi connectivity index (χ4v) is 1.76. The van der Waals surface area contributed by atoms with Crippen LogP contribution in [0.4, 0.5) is 0 Å². The SMILES string of the molecule is COc1cc(C(C)(C)C)ccc1-n1ccnc1. The Morgan fingerprint density at radius 2 is 2.00 bits per heavy atom. The number of nitrogens with zero attached hydrogens (tertiary/aromatic N) is 2. The van der Waals surface area contributed by atoms with E-state index in [2.05, 4.69) is 44.0 Å². The number of benzene rings is 1. The summed E-state index contributed by atoms with van der Waals surface area (Å²) in [5, 5.41) is 0. The number of methoxy groups -OCH3 is 1. The monoisotopic (exact) mass is 230 g/mol. The van der Waals surface area contributed by atoms with Crippen LogP contribution in [0.15, 0.2) is 36.9 Å². The van der Waals surface area contributed by atoms with Crippen molar-refractivity contribution >= 4 is 0 Å². The van der Waals surface area contributed by atoms with Gasteiger partial charge in [-0.25, -0.2) is 4.98 Å². The molecule has 0 fully saturated rings. The highest BCUT2D eigenvalue weighted by molar-refractivity contribution is 5.50. The number of hydrogen-bond acceptors (Lipinski definition) is 2. The quantitative estimate of drug-likeness (QED) is 0.792. The topological polar surface area (TPSA) is 27.1 Å². The Balaban J connectivity index is 2.50. The second-order valence-electron chi connectivity index (χ2n) is 5.11. The highest BCUT2D eigenvalue weighted by Crippen LogP contribution is 2.30. The van der Waals surface area contributed by atoms with Gasteiger partial charge in [0.1, 0.15) is 5.75 Å². The minimum atomic E-state index is 0.126. The molecule has 0 saturated carbocycles. The molecule has 0 unspecified atom stereocenters. The maximum absolute atomic E-state index is 5.46. The molecule has 1 aromatic heterocycles. The van der Waals surface area contributed by atoms with E-state index < -0.39 is 0 Å². The highest BCUT2D eigenvalue weighted by Gasteiger charge is 2.16. The molecular formula is C14H18N2O.